The van der Waals surface area contributed by atoms with Gasteiger partial charge in [-0.15, -0.1) is 0 Å². The Balaban J connectivity index is 1.37. The highest BCUT2D eigenvalue weighted by atomic mass is 19.1. The van der Waals surface area contributed by atoms with Crippen LogP contribution in [0.15, 0.2) is 48.8 Å². The fourth-order valence-corrected chi connectivity index (χ4v) is 3.33. The third-order valence-electron chi connectivity index (χ3n) is 4.89. The van der Waals surface area contributed by atoms with E-state index in [-0.39, 0.29) is 24.1 Å². The van der Waals surface area contributed by atoms with Crippen molar-refractivity contribution in [3.63, 3.8) is 0 Å². The lowest BCUT2D eigenvalue weighted by Gasteiger charge is -2.35. The lowest BCUT2D eigenvalue weighted by atomic mass is 10.1. The molecule has 1 saturated heterocycles. The number of carbonyl (C=O) groups excluding carboxylic acids is 2. The van der Waals surface area contributed by atoms with Crippen molar-refractivity contribution in [2.45, 2.75) is 6.42 Å². The van der Waals surface area contributed by atoms with Crippen LogP contribution in [0.4, 0.5) is 4.39 Å². The number of hydrogen-bond acceptors (Lipinski definition) is 3. The summed E-state index contributed by atoms with van der Waals surface area (Å²) < 4.78 is 13.7. The summed E-state index contributed by atoms with van der Waals surface area (Å²) in [6.45, 7) is 1.82. The molecule has 2 heterocycles. The third-order valence-corrected chi connectivity index (χ3v) is 4.89. The van der Waals surface area contributed by atoms with Gasteiger partial charge in [0.25, 0.3) is 5.91 Å². The minimum atomic E-state index is -0.367. The van der Waals surface area contributed by atoms with E-state index < -0.39 is 0 Å². The number of rotatable bonds is 3. The van der Waals surface area contributed by atoms with Crippen LogP contribution in [-0.4, -0.2) is 57.8 Å². The average molecular weight is 366 g/mol. The topological polar surface area (TPSA) is 69.3 Å². The minimum Gasteiger partial charge on any atom is -0.345 e. The molecule has 0 atom stereocenters. The van der Waals surface area contributed by atoms with Gasteiger partial charge < -0.3 is 14.8 Å². The van der Waals surface area contributed by atoms with Crippen molar-refractivity contribution in [2.24, 2.45) is 0 Å². The van der Waals surface area contributed by atoms with Crippen LogP contribution < -0.4 is 0 Å². The fourth-order valence-electron chi connectivity index (χ4n) is 3.33. The molecule has 0 spiro atoms. The zero-order valence-electron chi connectivity index (χ0n) is 14.7. The summed E-state index contributed by atoms with van der Waals surface area (Å²) in [5.74, 6) is -0.548. The van der Waals surface area contributed by atoms with Crippen molar-refractivity contribution in [1.82, 2.24) is 19.8 Å². The molecule has 1 aliphatic heterocycles. The number of H-pyrrole nitrogens is 1. The molecule has 6 nitrogen and oxygen atoms in total. The summed E-state index contributed by atoms with van der Waals surface area (Å²) in [5.41, 5.74) is 2.63. The van der Waals surface area contributed by atoms with E-state index in [1.165, 1.54) is 6.07 Å². The number of halogens is 1. The number of nitrogens with zero attached hydrogens (tertiary/aromatic N) is 3. The number of imidazole rings is 1. The van der Waals surface area contributed by atoms with E-state index in [1.54, 1.807) is 46.5 Å². The Morgan fingerprint density at radius 1 is 1.04 bits per heavy atom. The Morgan fingerprint density at radius 2 is 1.78 bits per heavy atom. The first kappa shape index (κ1) is 17.2. The van der Waals surface area contributed by atoms with Gasteiger partial charge >= 0.3 is 0 Å². The number of fused-ring (bicyclic) bond motifs is 1. The smallest absolute Gasteiger partial charge is 0.254 e. The number of piperazine rings is 1. The zero-order valence-corrected chi connectivity index (χ0v) is 14.7. The average Bonchev–Trinajstić information content (AvgIpc) is 3.17. The lowest BCUT2D eigenvalue weighted by molar-refractivity contribution is -0.132. The Hall–Kier alpha value is -3.22. The van der Waals surface area contributed by atoms with Gasteiger partial charge in [0, 0.05) is 31.7 Å². The van der Waals surface area contributed by atoms with Gasteiger partial charge in [0.05, 0.1) is 23.8 Å². The van der Waals surface area contributed by atoms with Crippen LogP contribution in [0.1, 0.15) is 15.9 Å². The van der Waals surface area contributed by atoms with E-state index in [4.69, 9.17) is 0 Å². The second-order valence-electron chi connectivity index (χ2n) is 6.58. The normalized spacial score (nSPS) is 14.6. The van der Waals surface area contributed by atoms with Crippen molar-refractivity contribution in [3.8, 4) is 0 Å². The first-order valence-corrected chi connectivity index (χ1v) is 8.85. The maximum Gasteiger partial charge on any atom is 0.254 e. The molecule has 138 valence electrons. The van der Waals surface area contributed by atoms with Crippen molar-refractivity contribution in [2.75, 3.05) is 26.2 Å². The Kier molecular flexibility index (Phi) is 4.58. The molecule has 0 aliphatic carbocycles. The molecule has 4 rings (SSSR count). The third kappa shape index (κ3) is 3.53. The van der Waals surface area contributed by atoms with Crippen molar-refractivity contribution in [3.05, 3.63) is 65.7 Å². The standard InChI is InChI=1S/C20H19FN4O2/c21-16-4-2-1-3-14(16)12-19(26)24-7-9-25(10-8-24)20(27)15-5-6-17-18(11-15)23-13-22-17/h1-6,11,13H,7-10,12H2,(H,22,23). The summed E-state index contributed by atoms with van der Waals surface area (Å²) in [5, 5.41) is 0. The molecule has 0 saturated carbocycles. The van der Waals surface area contributed by atoms with Gasteiger partial charge in [0.1, 0.15) is 5.82 Å². The highest BCUT2D eigenvalue weighted by molar-refractivity contribution is 5.97. The molecule has 3 aromatic rings. The quantitative estimate of drug-likeness (QED) is 0.773. The van der Waals surface area contributed by atoms with Gasteiger partial charge in [-0.2, -0.15) is 0 Å². The molecule has 27 heavy (non-hydrogen) atoms. The summed E-state index contributed by atoms with van der Waals surface area (Å²) in [6, 6.07) is 11.7. The van der Waals surface area contributed by atoms with E-state index >= 15 is 0 Å². The predicted molar refractivity (Wildman–Crippen MR) is 98.7 cm³/mol. The largest absolute Gasteiger partial charge is 0.345 e. The van der Waals surface area contributed by atoms with Gasteiger partial charge in [0.2, 0.25) is 5.91 Å². The number of nitrogens with one attached hydrogen (secondary N) is 1. The highest BCUT2D eigenvalue weighted by Gasteiger charge is 2.25. The number of aromatic amines is 1. The molecule has 1 aromatic heterocycles. The maximum absolute atomic E-state index is 13.7. The van der Waals surface area contributed by atoms with Crippen LogP contribution in [0.3, 0.4) is 0 Å². The number of hydrogen-bond donors (Lipinski definition) is 1. The number of amides is 2. The van der Waals surface area contributed by atoms with Crippen molar-refractivity contribution in [1.29, 1.82) is 0 Å². The van der Waals surface area contributed by atoms with Gasteiger partial charge in [-0.3, -0.25) is 9.59 Å². The first-order valence-electron chi connectivity index (χ1n) is 8.85. The summed E-state index contributed by atoms with van der Waals surface area (Å²) in [6.07, 6.45) is 1.63. The van der Waals surface area contributed by atoms with Crippen molar-refractivity contribution >= 4 is 22.8 Å². The van der Waals surface area contributed by atoms with Crippen LogP contribution >= 0.6 is 0 Å². The number of aromatic nitrogens is 2. The number of benzene rings is 2. The molecule has 1 N–H and O–H groups in total. The molecule has 2 amide bonds. The maximum atomic E-state index is 13.7. The Morgan fingerprint density at radius 3 is 2.56 bits per heavy atom. The summed E-state index contributed by atoms with van der Waals surface area (Å²) in [7, 11) is 0. The molecule has 1 fully saturated rings. The molecular formula is C20H19FN4O2. The molecule has 1 aliphatic rings. The highest BCUT2D eigenvalue weighted by Crippen LogP contribution is 2.16. The fraction of sp³-hybridized carbons (Fsp3) is 0.250. The summed E-state index contributed by atoms with van der Waals surface area (Å²) >= 11 is 0. The van der Waals surface area contributed by atoms with Crippen LogP contribution in [-0.2, 0) is 11.2 Å². The minimum absolute atomic E-state index is 0.0388. The molecular weight excluding hydrogens is 347 g/mol. The Bertz CT molecular complexity index is 992. The van der Waals surface area contributed by atoms with Crippen molar-refractivity contribution < 1.29 is 14.0 Å². The SMILES string of the molecule is O=C(Cc1ccccc1F)N1CCN(C(=O)c2ccc3nc[nH]c3c2)CC1. The van der Waals surface area contributed by atoms with Gasteiger partial charge in [-0.05, 0) is 29.8 Å². The van der Waals surface area contributed by atoms with Crippen LogP contribution in [0.5, 0.6) is 0 Å². The molecule has 0 radical (unpaired) electrons. The second kappa shape index (κ2) is 7.19. The molecule has 0 unspecified atom stereocenters. The number of carbonyl (C=O) groups is 2. The van der Waals surface area contributed by atoms with E-state index in [2.05, 4.69) is 9.97 Å². The molecule has 2 aromatic carbocycles. The van der Waals surface area contributed by atoms with E-state index in [1.807, 2.05) is 6.07 Å². The van der Waals surface area contributed by atoms with E-state index in [0.29, 0.717) is 37.3 Å². The summed E-state index contributed by atoms with van der Waals surface area (Å²) in [4.78, 5) is 35.7. The second-order valence-corrected chi connectivity index (χ2v) is 6.58. The van der Waals surface area contributed by atoms with Crippen LogP contribution in [0.25, 0.3) is 11.0 Å². The molecule has 7 heteroatoms. The monoisotopic (exact) mass is 366 g/mol. The predicted octanol–water partition coefficient (Wildman–Crippen LogP) is 2.23. The molecule has 0 bridgehead atoms. The van der Waals surface area contributed by atoms with E-state index in [0.717, 1.165) is 11.0 Å². The van der Waals surface area contributed by atoms with Gasteiger partial charge in [-0.25, -0.2) is 9.37 Å². The zero-order chi connectivity index (χ0) is 18.8. The van der Waals surface area contributed by atoms with Gasteiger partial charge in [0.15, 0.2) is 0 Å². The lowest BCUT2D eigenvalue weighted by Crippen LogP contribution is -2.51. The van der Waals surface area contributed by atoms with Gasteiger partial charge in [-0.1, -0.05) is 18.2 Å². The van der Waals surface area contributed by atoms with Crippen LogP contribution in [0.2, 0.25) is 0 Å². The first-order chi connectivity index (χ1) is 13.1. The Labute approximate surface area is 155 Å². The van der Waals surface area contributed by atoms with Crippen LogP contribution in [0, 0.1) is 5.82 Å². The van der Waals surface area contributed by atoms with E-state index in [9.17, 15) is 14.0 Å².